The van der Waals surface area contributed by atoms with Gasteiger partial charge in [0.2, 0.25) is 12.2 Å². The molecule has 0 aromatic carbocycles. The summed E-state index contributed by atoms with van der Waals surface area (Å²) >= 11 is 0. The van der Waals surface area contributed by atoms with Gasteiger partial charge in [-0.05, 0) is 18.8 Å². The van der Waals surface area contributed by atoms with E-state index in [1.807, 2.05) is 0 Å². The summed E-state index contributed by atoms with van der Waals surface area (Å²) in [5.41, 5.74) is 0. The van der Waals surface area contributed by atoms with E-state index in [1.54, 1.807) is 0 Å². The molecule has 4 heteroatoms. The summed E-state index contributed by atoms with van der Waals surface area (Å²) in [5, 5.41) is 0. The zero-order valence-electron chi connectivity index (χ0n) is 18.9. The van der Waals surface area contributed by atoms with Gasteiger partial charge in [-0.1, -0.05) is 105 Å². The van der Waals surface area contributed by atoms with Crippen LogP contribution in [0.3, 0.4) is 0 Å². The number of rotatable bonds is 15. The molecule has 0 unspecified atom stereocenters. The van der Waals surface area contributed by atoms with Crippen LogP contribution >= 0.6 is 0 Å². The van der Waals surface area contributed by atoms with Crippen LogP contribution in [0.15, 0.2) is 9.98 Å². The lowest BCUT2D eigenvalue weighted by atomic mass is 9.91. The lowest BCUT2D eigenvalue weighted by molar-refractivity contribution is 0.382. The fraction of sp³-hybridized carbons (Fsp3) is 0.913. The Kier molecular flexibility index (Phi) is 36.6. The second-order valence-electron chi connectivity index (χ2n) is 6.95. The number of hydrogen-bond donors (Lipinski definition) is 0. The highest BCUT2D eigenvalue weighted by molar-refractivity contribution is 5.32. The van der Waals surface area contributed by atoms with Crippen molar-refractivity contribution in [3.63, 3.8) is 0 Å². The second-order valence-corrected chi connectivity index (χ2v) is 6.95. The first-order valence-corrected chi connectivity index (χ1v) is 11.2. The third-order valence-electron chi connectivity index (χ3n) is 4.27. The molecule has 0 aliphatic heterocycles. The van der Waals surface area contributed by atoms with Gasteiger partial charge in [-0.2, -0.15) is 0 Å². The minimum absolute atomic E-state index is 0.639. The van der Waals surface area contributed by atoms with Gasteiger partial charge in [-0.3, -0.25) is 0 Å². The normalized spacial score (nSPS) is 9.26. The number of aliphatic imine (C=N–C) groups is 2. The number of isocyanates is 2. The average molecular weight is 383 g/mol. The van der Waals surface area contributed by atoms with Crippen molar-refractivity contribution in [1.29, 1.82) is 0 Å². The summed E-state index contributed by atoms with van der Waals surface area (Å²) in [5.74, 6) is 1.04. The van der Waals surface area contributed by atoms with E-state index < -0.39 is 0 Å². The van der Waals surface area contributed by atoms with E-state index in [4.69, 9.17) is 0 Å². The third-order valence-corrected chi connectivity index (χ3v) is 4.27. The van der Waals surface area contributed by atoms with Crippen LogP contribution in [0.5, 0.6) is 0 Å². The molecule has 0 aliphatic rings. The monoisotopic (exact) mass is 382 g/mol. The van der Waals surface area contributed by atoms with Gasteiger partial charge < -0.3 is 0 Å². The maximum atomic E-state index is 9.39. The molecule has 27 heavy (non-hydrogen) atoms. The molecular weight excluding hydrogens is 336 g/mol. The van der Waals surface area contributed by atoms with Crippen molar-refractivity contribution in [3.8, 4) is 0 Å². The van der Waals surface area contributed by atoms with Crippen molar-refractivity contribution >= 4 is 12.2 Å². The quantitative estimate of drug-likeness (QED) is 0.168. The van der Waals surface area contributed by atoms with Gasteiger partial charge in [0, 0.05) is 0 Å². The van der Waals surface area contributed by atoms with Crippen LogP contribution in [0.4, 0.5) is 0 Å². The Balaban J connectivity index is -0.000000350. The van der Waals surface area contributed by atoms with Crippen LogP contribution in [0.2, 0.25) is 0 Å². The Labute approximate surface area is 169 Å². The number of unbranched alkanes of at least 4 members (excludes halogenated alkanes) is 5. The van der Waals surface area contributed by atoms with Crippen molar-refractivity contribution in [2.45, 2.75) is 118 Å². The first-order valence-electron chi connectivity index (χ1n) is 11.2. The Hall–Kier alpha value is -1.24. The van der Waals surface area contributed by atoms with E-state index in [9.17, 15) is 9.59 Å². The Morgan fingerprint density at radius 3 is 1.07 bits per heavy atom. The fourth-order valence-corrected chi connectivity index (χ4v) is 2.48. The van der Waals surface area contributed by atoms with Gasteiger partial charge >= 0.3 is 0 Å². The van der Waals surface area contributed by atoms with Crippen LogP contribution in [0, 0.1) is 5.92 Å². The molecule has 0 aromatic rings. The van der Waals surface area contributed by atoms with E-state index in [-0.39, 0.29) is 0 Å². The Morgan fingerprint density at radius 2 is 0.852 bits per heavy atom. The van der Waals surface area contributed by atoms with Gasteiger partial charge in [0.25, 0.3) is 0 Å². The molecule has 0 aromatic heterocycles. The first kappa shape index (κ1) is 30.5. The van der Waals surface area contributed by atoms with Gasteiger partial charge in [0.05, 0.1) is 13.1 Å². The minimum atomic E-state index is 0.639. The largest absolute Gasteiger partial charge is 0.234 e. The van der Waals surface area contributed by atoms with Crippen molar-refractivity contribution < 1.29 is 9.59 Å². The van der Waals surface area contributed by atoms with Gasteiger partial charge in [0.15, 0.2) is 0 Å². The molecule has 4 nitrogen and oxygen atoms in total. The SMILES string of the molecule is CCCCC(CCCC)CCCC.CCCCN=C=O.CCCCN=C=O. The molecule has 0 atom stereocenters. The van der Waals surface area contributed by atoms with E-state index in [0.717, 1.165) is 31.6 Å². The molecular formula is C23H46N2O2. The Bertz CT molecular complexity index is 305. The van der Waals surface area contributed by atoms with E-state index >= 15 is 0 Å². The molecule has 0 spiro atoms. The standard InChI is InChI=1S/C13H28.2C5H9NO/c1-4-7-10-13(11-8-5-2)12-9-6-3;2*1-2-3-4-6-5-7/h13H,4-12H2,1-3H3;2*2-4H2,1H3. The van der Waals surface area contributed by atoms with Crippen LogP contribution in [-0.2, 0) is 9.59 Å². The van der Waals surface area contributed by atoms with Crippen molar-refractivity contribution in [3.05, 3.63) is 0 Å². The number of hydrogen-bond acceptors (Lipinski definition) is 4. The summed E-state index contributed by atoms with van der Waals surface area (Å²) in [6.45, 7) is 12.3. The summed E-state index contributed by atoms with van der Waals surface area (Å²) < 4.78 is 0. The molecule has 0 bridgehead atoms. The molecule has 0 radical (unpaired) electrons. The zero-order valence-corrected chi connectivity index (χ0v) is 18.9. The minimum Gasteiger partial charge on any atom is -0.211 e. The molecule has 0 aliphatic carbocycles. The van der Waals surface area contributed by atoms with Crippen LogP contribution in [0.25, 0.3) is 0 Å². The molecule has 0 amide bonds. The van der Waals surface area contributed by atoms with Crippen molar-refractivity contribution in [2.24, 2.45) is 15.9 Å². The average Bonchev–Trinajstić information content (AvgIpc) is 2.69. The predicted molar refractivity (Wildman–Crippen MR) is 118 cm³/mol. The molecule has 0 heterocycles. The topological polar surface area (TPSA) is 58.9 Å². The fourth-order valence-electron chi connectivity index (χ4n) is 2.48. The van der Waals surface area contributed by atoms with Crippen molar-refractivity contribution in [2.75, 3.05) is 13.1 Å². The third kappa shape index (κ3) is 36.4. The maximum Gasteiger partial charge on any atom is 0.234 e. The van der Waals surface area contributed by atoms with Gasteiger partial charge in [0.1, 0.15) is 0 Å². The molecule has 0 N–H and O–H groups in total. The lowest BCUT2D eigenvalue weighted by Gasteiger charge is -2.15. The zero-order chi connectivity index (χ0) is 21.0. The van der Waals surface area contributed by atoms with Crippen molar-refractivity contribution in [1.82, 2.24) is 0 Å². The van der Waals surface area contributed by atoms with Gasteiger partial charge in [-0.25, -0.2) is 19.6 Å². The van der Waals surface area contributed by atoms with E-state index in [1.165, 1.54) is 69.9 Å². The molecule has 160 valence electrons. The van der Waals surface area contributed by atoms with E-state index in [0.29, 0.717) is 13.1 Å². The van der Waals surface area contributed by atoms with Crippen LogP contribution in [-0.4, -0.2) is 25.2 Å². The summed E-state index contributed by atoms with van der Waals surface area (Å²) in [6, 6.07) is 0. The predicted octanol–water partition coefficient (Wildman–Crippen LogP) is 7.42. The second kappa shape index (κ2) is 32.4. The Morgan fingerprint density at radius 1 is 0.556 bits per heavy atom. The first-order chi connectivity index (χ1) is 13.2. The number of carbonyl (C=O) groups excluding carboxylic acids is 2. The highest BCUT2D eigenvalue weighted by Gasteiger charge is 2.06. The smallest absolute Gasteiger partial charge is 0.211 e. The molecule has 0 rings (SSSR count). The highest BCUT2D eigenvalue weighted by Crippen LogP contribution is 2.21. The van der Waals surface area contributed by atoms with Crippen LogP contribution < -0.4 is 0 Å². The maximum absolute atomic E-state index is 9.39. The summed E-state index contributed by atoms with van der Waals surface area (Å²) in [7, 11) is 0. The number of nitrogens with zero attached hydrogens (tertiary/aromatic N) is 2. The lowest BCUT2D eigenvalue weighted by Crippen LogP contribution is -2.00. The summed E-state index contributed by atoms with van der Waals surface area (Å²) in [6.07, 6.45) is 20.0. The summed E-state index contributed by atoms with van der Waals surface area (Å²) in [4.78, 5) is 25.5. The molecule has 0 saturated heterocycles. The van der Waals surface area contributed by atoms with Gasteiger partial charge in [-0.15, -0.1) is 0 Å². The highest BCUT2D eigenvalue weighted by atomic mass is 16.1. The van der Waals surface area contributed by atoms with E-state index in [2.05, 4.69) is 44.6 Å². The molecule has 0 saturated carbocycles. The van der Waals surface area contributed by atoms with Crippen LogP contribution in [0.1, 0.15) is 118 Å². The molecule has 0 fully saturated rings.